The van der Waals surface area contributed by atoms with Crippen LogP contribution >= 0.6 is 11.6 Å². The first-order chi connectivity index (χ1) is 8.15. The van der Waals surface area contributed by atoms with E-state index in [2.05, 4.69) is 0 Å². The predicted octanol–water partition coefficient (Wildman–Crippen LogP) is 3.29. The van der Waals surface area contributed by atoms with Crippen molar-refractivity contribution in [3.63, 3.8) is 0 Å². The molecule has 1 rings (SSSR count). The van der Waals surface area contributed by atoms with Gasteiger partial charge in [-0.05, 0) is 31.9 Å². The molecular weight excluding hydrogens is 256 g/mol. The third-order valence-electron chi connectivity index (χ3n) is 2.26. The van der Waals surface area contributed by atoms with Crippen LogP contribution in [-0.4, -0.2) is 15.9 Å². The molecule has 17 heavy (non-hydrogen) atoms. The molecule has 1 atom stereocenters. The Morgan fingerprint density at radius 2 is 2.00 bits per heavy atom. The Morgan fingerprint density at radius 3 is 2.53 bits per heavy atom. The third kappa shape index (κ3) is 4.84. The lowest BCUT2D eigenvalue weighted by molar-refractivity contribution is -0.113. The molecule has 2 nitrogen and oxygen atoms in total. The number of hydrogen-bond donors (Lipinski definition) is 0. The molecule has 0 spiro atoms. The predicted molar refractivity (Wildman–Crippen MR) is 71.6 cm³/mol. The molecule has 1 aromatic rings. The van der Waals surface area contributed by atoms with Crippen LogP contribution in [0, 0.1) is 0 Å². The highest BCUT2D eigenvalue weighted by molar-refractivity contribution is 7.88. The molecule has 1 unspecified atom stereocenters. The van der Waals surface area contributed by atoms with Crippen molar-refractivity contribution < 1.29 is 9.00 Å². The molecule has 0 aliphatic heterocycles. The standard InChI is InChI=1S/C13H15ClO2S/c1-11(15)12(6-5-9-14)10-17(16)13-7-3-2-4-8-13/h2-4,7-8,10H,5-6,9H2,1H3/b12-10-. The first-order valence-electron chi connectivity index (χ1n) is 5.38. The van der Waals surface area contributed by atoms with E-state index in [1.54, 1.807) is 12.1 Å². The number of Topliss-reactive ketones (excluding diaryl/α,β-unsaturated/α-hetero) is 1. The molecule has 1 aromatic carbocycles. The third-order valence-corrected chi connectivity index (χ3v) is 3.76. The number of halogens is 1. The van der Waals surface area contributed by atoms with Crippen molar-refractivity contribution in [2.24, 2.45) is 0 Å². The summed E-state index contributed by atoms with van der Waals surface area (Å²) < 4.78 is 12.0. The molecule has 0 saturated heterocycles. The summed E-state index contributed by atoms with van der Waals surface area (Å²) in [6.45, 7) is 1.49. The van der Waals surface area contributed by atoms with E-state index in [4.69, 9.17) is 11.6 Å². The van der Waals surface area contributed by atoms with Crippen LogP contribution in [0.4, 0.5) is 0 Å². The molecule has 4 heteroatoms. The smallest absolute Gasteiger partial charge is 0.156 e. The highest BCUT2D eigenvalue weighted by Gasteiger charge is 2.07. The van der Waals surface area contributed by atoms with Crippen LogP contribution in [0.25, 0.3) is 0 Å². The summed E-state index contributed by atoms with van der Waals surface area (Å²) in [6, 6.07) is 9.09. The Bertz CT molecular complexity index is 426. The minimum Gasteiger partial charge on any atom is -0.295 e. The lowest BCUT2D eigenvalue weighted by atomic mass is 10.1. The Morgan fingerprint density at radius 1 is 1.35 bits per heavy atom. The minimum absolute atomic E-state index is 0.0422. The van der Waals surface area contributed by atoms with Gasteiger partial charge in [0.2, 0.25) is 0 Å². The highest BCUT2D eigenvalue weighted by atomic mass is 35.5. The summed E-state index contributed by atoms with van der Waals surface area (Å²) in [5.41, 5.74) is 0.591. The fourth-order valence-electron chi connectivity index (χ4n) is 1.33. The number of hydrogen-bond acceptors (Lipinski definition) is 2. The van der Waals surface area contributed by atoms with E-state index in [0.29, 0.717) is 22.8 Å². The quantitative estimate of drug-likeness (QED) is 0.587. The molecule has 0 fully saturated rings. The van der Waals surface area contributed by atoms with E-state index in [0.717, 1.165) is 6.42 Å². The van der Waals surface area contributed by atoms with Gasteiger partial charge in [0.1, 0.15) is 0 Å². The summed E-state index contributed by atoms with van der Waals surface area (Å²) in [6.07, 6.45) is 1.30. The molecule has 0 aromatic heterocycles. The van der Waals surface area contributed by atoms with Gasteiger partial charge < -0.3 is 0 Å². The van der Waals surface area contributed by atoms with Crippen molar-refractivity contribution in [1.82, 2.24) is 0 Å². The van der Waals surface area contributed by atoms with Crippen LogP contribution in [0.3, 0.4) is 0 Å². The fourth-order valence-corrected chi connectivity index (χ4v) is 2.56. The Balaban J connectivity index is 2.83. The van der Waals surface area contributed by atoms with Crippen molar-refractivity contribution in [1.29, 1.82) is 0 Å². The number of allylic oxidation sites excluding steroid dienone is 1. The van der Waals surface area contributed by atoms with E-state index in [1.165, 1.54) is 12.3 Å². The van der Waals surface area contributed by atoms with Crippen LogP contribution in [0.2, 0.25) is 0 Å². The second-order valence-electron chi connectivity index (χ2n) is 3.60. The minimum atomic E-state index is -1.26. The van der Waals surface area contributed by atoms with Gasteiger partial charge in [-0.3, -0.25) is 4.79 Å². The molecule has 0 saturated carbocycles. The van der Waals surface area contributed by atoms with Gasteiger partial charge in [-0.1, -0.05) is 18.2 Å². The number of alkyl halides is 1. The zero-order valence-electron chi connectivity index (χ0n) is 9.69. The molecule has 0 bridgehead atoms. The van der Waals surface area contributed by atoms with E-state index in [-0.39, 0.29) is 5.78 Å². The first-order valence-corrected chi connectivity index (χ1v) is 7.13. The number of carbonyl (C=O) groups is 1. The maximum atomic E-state index is 12.0. The summed E-state index contributed by atoms with van der Waals surface area (Å²) in [7, 11) is -1.26. The van der Waals surface area contributed by atoms with Crippen molar-refractivity contribution in [2.75, 3.05) is 5.88 Å². The van der Waals surface area contributed by atoms with Gasteiger partial charge in [0, 0.05) is 21.8 Å². The zero-order chi connectivity index (χ0) is 12.7. The second-order valence-corrected chi connectivity index (χ2v) is 5.28. The summed E-state index contributed by atoms with van der Waals surface area (Å²) in [4.78, 5) is 12.1. The monoisotopic (exact) mass is 270 g/mol. The Hall–Kier alpha value is -0.930. The van der Waals surface area contributed by atoms with Gasteiger partial charge in [0.15, 0.2) is 5.78 Å². The summed E-state index contributed by atoms with van der Waals surface area (Å²) in [5.74, 6) is 0.460. The average Bonchev–Trinajstić information content (AvgIpc) is 2.35. The number of benzene rings is 1. The van der Waals surface area contributed by atoms with Gasteiger partial charge >= 0.3 is 0 Å². The lowest BCUT2D eigenvalue weighted by Crippen LogP contribution is -2.00. The number of carbonyl (C=O) groups excluding carboxylic acids is 1. The van der Waals surface area contributed by atoms with Crippen LogP contribution in [0.1, 0.15) is 19.8 Å². The molecule has 0 heterocycles. The fraction of sp³-hybridized carbons (Fsp3) is 0.308. The molecule has 0 amide bonds. The topological polar surface area (TPSA) is 34.1 Å². The lowest BCUT2D eigenvalue weighted by Gasteiger charge is -2.02. The maximum Gasteiger partial charge on any atom is 0.156 e. The number of rotatable bonds is 6. The van der Waals surface area contributed by atoms with E-state index in [1.807, 2.05) is 18.2 Å². The van der Waals surface area contributed by atoms with Crippen LogP contribution in [0.5, 0.6) is 0 Å². The van der Waals surface area contributed by atoms with Crippen molar-refractivity contribution in [3.8, 4) is 0 Å². The molecule has 0 radical (unpaired) electrons. The van der Waals surface area contributed by atoms with Crippen LogP contribution in [0.15, 0.2) is 46.2 Å². The Kier molecular flexibility index (Phi) is 6.16. The first kappa shape index (κ1) is 14.1. The summed E-state index contributed by atoms with van der Waals surface area (Å²) in [5, 5.41) is 1.53. The van der Waals surface area contributed by atoms with Crippen molar-refractivity contribution in [3.05, 3.63) is 41.3 Å². The molecule has 0 aliphatic rings. The van der Waals surface area contributed by atoms with Crippen molar-refractivity contribution in [2.45, 2.75) is 24.7 Å². The molecule has 0 N–H and O–H groups in total. The molecule has 0 aliphatic carbocycles. The van der Waals surface area contributed by atoms with Gasteiger partial charge in [-0.2, -0.15) is 0 Å². The van der Waals surface area contributed by atoms with E-state index in [9.17, 15) is 9.00 Å². The van der Waals surface area contributed by atoms with Crippen LogP contribution in [-0.2, 0) is 15.6 Å². The highest BCUT2D eigenvalue weighted by Crippen LogP contribution is 2.13. The number of ketones is 1. The van der Waals surface area contributed by atoms with Gasteiger partial charge in [-0.25, -0.2) is 4.21 Å². The van der Waals surface area contributed by atoms with Gasteiger partial charge in [0.25, 0.3) is 0 Å². The SMILES string of the molecule is CC(=O)/C(=C\S(=O)c1ccccc1)CCCCl. The normalized spacial score (nSPS) is 13.4. The maximum absolute atomic E-state index is 12.0. The zero-order valence-corrected chi connectivity index (χ0v) is 11.3. The van der Waals surface area contributed by atoms with Crippen molar-refractivity contribution >= 4 is 28.2 Å². The summed E-state index contributed by atoms with van der Waals surface area (Å²) >= 11 is 5.59. The largest absolute Gasteiger partial charge is 0.295 e. The van der Waals surface area contributed by atoms with Gasteiger partial charge in [-0.15, -0.1) is 11.6 Å². The molecule has 92 valence electrons. The Labute approximate surface area is 109 Å². The van der Waals surface area contributed by atoms with E-state index >= 15 is 0 Å². The second kappa shape index (κ2) is 7.41. The van der Waals surface area contributed by atoms with Crippen LogP contribution < -0.4 is 0 Å². The van der Waals surface area contributed by atoms with Gasteiger partial charge in [0.05, 0.1) is 10.8 Å². The molecular formula is C13H15ClO2S. The average molecular weight is 271 g/mol. The van der Waals surface area contributed by atoms with E-state index < -0.39 is 10.8 Å².